The largest absolute Gasteiger partial charge is 0.493 e. The first-order valence-electron chi connectivity index (χ1n) is 11.4. The zero-order chi connectivity index (χ0) is 25.1. The van der Waals surface area contributed by atoms with E-state index in [0.29, 0.717) is 29.4 Å². The normalized spacial score (nSPS) is 11.8. The van der Waals surface area contributed by atoms with E-state index in [0.717, 1.165) is 19.5 Å². The fourth-order valence-corrected chi connectivity index (χ4v) is 3.62. The first kappa shape index (κ1) is 27.0. The molecule has 8 nitrogen and oxygen atoms in total. The molecule has 0 spiro atoms. The Morgan fingerprint density at radius 2 is 1.59 bits per heavy atom. The van der Waals surface area contributed by atoms with Crippen LogP contribution in [0, 0.1) is 5.92 Å². The lowest BCUT2D eigenvalue weighted by molar-refractivity contribution is -0.123. The molecule has 0 aliphatic carbocycles. The van der Waals surface area contributed by atoms with Crippen LogP contribution in [0.3, 0.4) is 0 Å². The Hall–Kier alpha value is -3.26. The van der Waals surface area contributed by atoms with Gasteiger partial charge in [0.15, 0.2) is 11.5 Å². The molecule has 0 aliphatic rings. The number of nitrogens with zero attached hydrogens (tertiary/aromatic N) is 1. The van der Waals surface area contributed by atoms with Gasteiger partial charge in [0.1, 0.15) is 6.04 Å². The van der Waals surface area contributed by atoms with E-state index in [9.17, 15) is 9.59 Å². The molecule has 186 valence electrons. The van der Waals surface area contributed by atoms with Crippen LogP contribution in [0.15, 0.2) is 42.5 Å². The number of carbonyl (C=O) groups excluding carboxylic acids is 2. The summed E-state index contributed by atoms with van der Waals surface area (Å²) in [4.78, 5) is 28.0. The number of benzene rings is 2. The highest BCUT2D eigenvalue weighted by Gasteiger charge is 2.26. The van der Waals surface area contributed by atoms with Crippen molar-refractivity contribution in [1.82, 2.24) is 15.5 Å². The first-order valence-corrected chi connectivity index (χ1v) is 11.4. The minimum Gasteiger partial charge on any atom is -0.493 e. The molecule has 8 heteroatoms. The van der Waals surface area contributed by atoms with Crippen LogP contribution in [0.2, 0.25) is 0 Å². The molecule has 0 saturated carbocycles. The van der Waals surface area contributed by atoms with Crippen molar-refractivity contribution in [3.05, 3.63) is 53.6 Å². The Balaban J connectivity index is 1.92. The fourth-order valence-electron chi connectivity index (χ4n) is 3.62. The Morgan fingerprint density at radius 3 is 2.12 bits per heavy atom. The van der Waals surface area contributed by atoms with E-state index < -0.39 is 11.9 Å². The molecule has 2 aromatic rings. The zero-order valence-electron chi connectivity index (χ0n) is 21.0. The number of methoxy groups -OCH3 is 3. The molecule has 2 N–H and O–H groups in total. The van der Waals surface area contributed by atoms with Crippen LogP contribution in [0.25, 0.3) is 0 Å². The number of hydrogen-bond donors (Lipinski definition) is 2. The van der Waals surface area contributed by atoms with Crippen LogP contribution in [0.5, 0.6) is 17.2 Å². The zero-order valence-corrected chi connectivity index (χ0v) is 21.0. The summed E-state index contributed by atoms with van der Waals surface area (Å²) >= 11 is 0. The van der Waals surface area contributed by atoms with Crippen molar-refractivity contribution in [3.8, 4) is 17.2 Å². The molecule has 34 heavy (non-hydrogen) atoms. The molecule has 2 rings (SSSR count). The molecule has 0 unspecified atom stereocenters. The third kappa shape index (κ3) is 7.66. The highest BCUT2D eigenvalue weighted by Crippen LogP contribution is 2.38. The van der Waals surface area contributed by atoms with Gasteiger partial charge in [0.2, 0.25) is 11.7 Å². The van der Waals surface area contributed by atoms with Crippen molar-refractivity contribution in [1.29, 1.82) is 0 Å². The topological polar surface area (TPSA) is 89.1 Å². The summed E-state index contributed by atoms with van der Waals surface area (Å²) in [7, 11) is 6.53. The maximum atomic E-state index is 12.9. The average molecular weight is 472 g/mol. The van der Waals surface area contributed by atoms with Gasteiger partial charge >= 0.3 is 0 Å². The molecule has 0 aromatic heterocycles. The lowest BCUT2D eigenvalue weighted by Crippen LogP contribution is -2.50. The minimum atomic E-state index is -0.673. The first-order chi connectivity index (χ1) is 16.3. The lowest BCUT2D eigenvalue weighted by Gasteiger charge is -2.23. The van der Waals surface area contributed by atoms with E-state index in [1.54, 1.807) is 12.1 Å². The van der Waals surface area contributed by atoms with E-state index in [4.69, 9.17) is 14.2 Å². The number of carbonyl (C=O) groups is 2. The van der Waals surface area contributed by atoms with Crippen LogP contribution in [0.4, 0.5) is 0 Å². The molecular weight excluding hydrogens is 434 g/mol. The smallest absolute Gasteiger partial charge is 0.252 e. The van der Waals surface area contributed by atoms with Crippen LogP contribution < -0.4 is 24.8 Å². The maximum absolute atomic E-state index is 12.9. The standard InChI is InChI=1S/C26H37N3O5/c1-18(2)23(26(31)27-13-10-14-29(3)17-19-11-8-7-9-12-19)28-25(30)20-15-21(32-4)24(34-6)22(16-20)33-5/h7-9,11-12,15-16,18,23H,10,13-14,17H2,1-6H3,(H,27,31)(H,28,30)/t23-/m0/s1. The molecule has 2 amide bonds. The molecule has 0 fully saturated rings. The van der Waals surface area contributed by atoms with Gasteiger partial charge in [0.25, 0.3) is 5.91 Å². The molecule has 1 atom stereocenters. The lowest BCUT2D eigenvalue weighted by atomic mass is 10.0. The molecule has 0 saturated heterocycles. The Labute approximate surface area is 202 Å². The van der Waals surface area contributed by atoms with Gasteiger partial charge in [-0.15, -0.1) is 0 Å². The number of rotatable bonds is 13. The van der Waals surface area contributed by atoms with Gasteiger partial charge in [-0.2, -0.15) is 0 Å². The van der Waals surface area contributed by atoms with Crippen LogP contribution in [0.1, 0.15) is 36.2 Å². The Bertz CT molecular complexity index is 908. The van der Waals surface area contributed by atoms with Gasteiger partial charge in [0.05, 0.1) is 21.3 Å². The summed E-state index contributed by atoms with van der Waals surface area (Å²) in [5, 5.41) is 5.80. The van der Waals surface area contributed by atoms with E-state index in [2.05, 4.69) is 34.7 Å². The van der Waals surface area contributed by atoms with Gasteiger partial charge in [0, 0.05) is 18.7 Å². The number of ether oxygens (including phenoxy) is 3. The molecule has 0 aliphatic heterocycles. The van der Waals surface area contributed by atoms with Gasteiger partial charge in [-0.3, -0.25) is 9.59 Å². The fraction of sp³-hybridized carbons (Fsp3) is 0.462. The average Bonchev–Trinajstić information content (AvgIpc) is 2.84. The summed E-state index contributed by atoms with van der Waals surface area (Å²) in [6, 6.07) is 12.7. The van der Waals surface area contributed by atoms with Gasteiger partial charge in [-0.05, 0) is 43.6 Å². The number of nitrogens with one attached hydrogen (secondary N) is 2. The van der Waals surface area contributed by atoms with Gasteiger partial charge in [-0.1, -0.05) is 44.2 Å². The van der Waals surface area contributed by atoms with Crippen molar-refractivity contribution in [2.24, 2.45) is 5.92 Å². The molecule has 0 bridgehead atoms. The van der Waals surface area contributed by atoms with Crippen molar-refractivity contribution in [2.45, 2.75) is 32.9 Å². The van der Waals surface area contributed by atoms with Crippen LogP contribution in [-0.2, 0) is 11.3 Å². The molecule has 2 aromatic carbocycles. The Morgan fingerprint density at radius 1 is 0.971 bits per heavy atom. The second kappa shape index (κ2) is 13.4. The summed E-state index contributed by atoms with van der Waals surface area (Å²) in [6.45, 7) is 6.02. The molecule has 0 heterocycles. The van der Waals surface area contributed by atoms with E-state index in [1.807, 2.05) is 32.0 Å². The summed E-state index contributed by atoms with van der Waals surface area (Å²) in [5.41, 5.74) is 1.57. The number of hydrogen-bond acceptors (Lipinski definition) is 6. The van der Waals surface area contributed by atoms with Gasteiger partial charge < -0.3 is 29.7 Å². The third-order valence-electron chi connectivity index (χ3n) is 5.47. The monoisotopic (exact) mass is 471 g/mol. The van der Waals surface area contributed by atoms with Crippen molar-refractivity contribution in [3.63, 3.8) is 0 Å². The van der Waals surface area contributed by atoms with Gasteiger partial charge in [-0.25, -0.2) is 0 Å². The highest BCUT2D eigenvalue weighted by molar-refractivity contribution is 5.98. The molecular formula is C26H37N3O5. The Kier molecular flexibility index (Phi) is 10.7. The minimum absolute atomic E-state index is 0.0910. The summed E-state index contributed by atoms with van der Waals surface area (Å²) in [6.07, 6.45) is 0.806. The SMILES string of the molecule is COc1cc(C(=O)N[C@H](C(=O)NCCCN(C)Cc2ccccc2)C(C)C)cc(OC)c1OC. The summed E-state index contributed by atoms with van der Waals surface area (Å²) in [5.74, 6) is 0.454. The van der Waals surface area contributed by atoms with Crippen molar-refractivity contribution in [2.75, 3.05) is 41.5 Å². The van der Waals surface area contributed by atoms with E-state index in [1.165, 1.54) is 26.9 Å². The number of amides is 2. The van der Waals surface area contributed by atoms with Crippen LogP contribution in [-0.4, -0.2) is 64.2 Å². The predicted octanol–water partition coefficient (Wildman–Crippen LogP) is 3.11. The summed E-state index contributed by atoms with van der Waals surface area (Å²) < 4.78 is 16.0. The second-order valence-corrected chi connectivity index (χ2v) is 8.48. The maximum Gasteiger partial charge on any atom is 0.252 e. The quantitative estimate of drug-likeness (QED) is 0.437. The molecule has 0 radical (unpaired) electrons. The van der Waals surface area contributed by atoms with Crippen molar-refractivity contribution >= 4 is 11.8 Å². The second-order valence-electron chi connectivity index (χ2n) is 8.48. The predicted molar refractivity (Wildman–Crippen MR) is 133 cm³/mol. The van der Waals surface area contributed by atoms with E-state index in [-0.39, 0.29) is 11.8 Å². The van der Waals surface area contributed by atoms with Crippen LogP contribution >= 0.6 is 0 Å². The third-order valence-corrected chi connectivity index (χ3v) is 5.47. The van der Waals surface area contributed by atoms with Crippen molar-refractivity contribution < 1.29 is 23.8 Å². The highest BCUT2D eigenvalue weighted by atomic mass is 16.5. The van der Waals surface area contributed by atoms with E-state index >= 15 is 0 Å².